The van der Waals surface area contributed by atoms with Gasteiger partial charge in [0.2, 0.25) is 5.91 Å². The molecular formula is C22H22N6O2. The average Bonchev–Trinajstić information content (AvgIpc) is 3.20. The lowest BCUT2D eigenvalue weighted by molar-refractivity contribution is -0.117. The molecule has 1 N–H and O–H groups in total. The van der Waals surface area contributed by atoms with Crippen molar-refractivity contribution in [3.63, 3.8) is 0 Å². The zero-order chi connectivity index (χ0) is 21.1. The minimum Gasteiger partial charge on any atom is -0.345 e. The first-order valence-electron chi connectivity index (χ1n) is 9.68. The Morgan fingerprint density at radius 2 is 1.87 bits per heavy atom. The van der Waals surface area contributed by atoms with Crippen LogP contribution in [0, 0.1) is 0 Å². The normalized spacial score (nSPS) is 13.4. The molecule has 1 saturated heterocycles. The van der Waals surface area contributed by atoms with Crippen molar-refractivity contribution in [2.75, 3.05) is 30.9 Å². The first kappa shape index (κ1) is 19.5. The number of nitrogens with zero attached hydrogens (tertiary/aromatic N) is 5. The van der Waals surface area contributed by atoms with Crippen LogP contribution in [0.1, 0.15) is 23.2 Å². The quantitative estimate of drug-likeness (QED) is 0.705. The second-order valence-electron chi connectivity index (χ2n) is 7.27. The molecule has 1 fully saturated rings. The molecule has 1 aliphatic rings. The fourth-order valence-electron chi connectivity index (χ4n) is 3.30. The molecular weight excluding hydrogens is 380 g/mol. The van der Waals surface area contributed by atoms with E-state index in [4.69, 9.17) is 0 Å². The highest BCUT2D eigenvalue weighted by molar-refractivity contribution is 5.95. The van der Waals surface area contributed by atoms with Crippen LogP contribution < -0.4 is 10.2 Å². The Morgan fingerprint density at radius 3 is 2.50 bits per heavy atom. The number of carbonyl (C=O) groups is 2. The van der Waals surface area contributed by atoms with Crippen LogP contribution in [0.3, 0.4) is 0 Å². The van der Waals surface area contributed by atoms with Crippen LogP contribution >= 0.6 is 0 Å². The molecule has 0 radical (unpaired) electrons. The molecule has 0 saturated carbocycles. The van der Waals surface area contributed by atoms with Crippen molar-refractivity contribution in [3.8, 4) is 11.3 Å². The molecule has 0 aliphatic carbocycles. The minimum atomic E-state index is -0.0429. The van der Waals surface area contributed by atoms with Crippen molar-refractivity contribution in [3.05, 3.63) is 60.7 Å². The van der Waals surface area contributed by atoms with Gasteiger partial charge in [-0.05, 0) is 24.6 Å². The first-order valence-corrected chi connectivity index (χ1v) is 9.68. The molecule has 8 nitrogen and oxygen atoms in total. The fraction of sp³-hybridized carbons (Fsp3) is 0.227. The summed E-state index contributed by atoms with van der Waals surface area (Å²) in [5, 5.41) is 3.17. The van der Waals surface area contributed by atoms with Crippen LogP contribution in [-0.2, 0) is 4.79 Å². The van der Waals surface area contributed by atoms with Crippen LogP contribution in [0.4, 0.5) is 17.2 Å². The zero-order valence-corrected chi connectivity index (χ0v) is 16.9. The highest BCUT2D eigenvalue weighted by Gasteiger charge is 2.22. The summed E-state index contributed by atoms with van der Waals surface area (Å²) in [5.74, 6) is 0.653. The number of hydrogen-bond donors (Lipinski definition) is 1. The highest BCUT2D eigenvalue weighted by atomic mass is 16.2. The maximum absolute atomic E-state index is 12.0. The molecule has 3 heterocycles. The third-order valence-corrected chi connectivity index (χ3v) is 4.87. The molecule has 152 valence electrons. The molecule has 30 heavy (non-hydrogen) atoms. The second kappa shape index (κ2) is 8.28. The van der Waals surface area contributed by atoms with E-state index in [-0.39, 0.29) is 11.8 Å². The second-order valence-corrected chi connectivity index (χ2v) is 7.27. The zero-order valence-electron chi connectivity index (χ0n) is 16.9. The monoisotopic (exact) mass is 402 g/mol. The maximum atomic E-state index is 12.0. The number of carbonyl (C=O) groups excluding carboxylic acids is 2. The first-order chi connectivity index (χ1) is 14.5. The van der Waals surface area contributed by atoms with E-state index in [0.717, 1.165) is 29.9 Å². The summed E-state index contributed by atoms with van der Waals surface area (Å²) in [7, 11) is 3.45. The van der Waals surface area contributed by atoms with Crippen molar-refractivity contribution in [2.24, 2.45) is 0 Å². The Morgan fingerprint density at radius 1 is 1.07 bits per heavy atom. The van der Waals surface area contributed by atoms with E-state index in [0.29, 0.717) is 23.5 Å². The summed E-state index contributed by atoms with van der Waals surface area (Å²) < 4.78 is 0. The third-order valence-electron chi connectivity index (χ3n) is 4.87. The van der Waals surface area contributed by atoms with Gasteiger partial charge < -0.3 is 15.1 Å². The van der Waals surface area contributed by atoms with E-state index in [1.54, 1.807) is 60.8 Å². The topological polar surface area (TPSA) is 91.3 Å². The fourth-order valence-corrected chi connectivity index (χ4v) is 3.30. The van der Waals surface area contributed by atoms with Gasteiger partial charge in [-0.15, -0.1) is 0 Å². The largest absolute Gasteiger partial charge is 0.345 e. The molecule has 0 spiro atoms. The van der Waals surface area contributed by atoms with E-state index >= 15 is 0 Å². The van der Waals surface area contributed by atoms with Gasteiger partial charge in [-0.3, -0.25) is 19.6 Å². The van der Waals surface area contributed by atoms with Gasteiger partial charge in [0.25, 0.3) is 5.91 Å². The number of hydrogen-bond acceptors (Lipinski definition) is 6. The van der Waals surface area contributed by atoms with Crippen molar-refractivity contribution >= 4 is 29.0 Å². The van der Waals surface area contributed by atoms with Crippen LogP contribution in [0.5, 0.6) is 0 Å². The van der Waals surface area contributed by atoms with Gasteiger partial charge in [0.15, 0.2) is 0 Å². The predicted molar refractivity (Wildman–Crippen MR) is 115 cm³/mol. The molecule has 1 aliphatic heterocycles. The van der Waals surface area contributed by atoms with E-state index in [1.807, 2.05) is 18.2 Å². The summed E-state index contributed by atoms with van der Waals surface area (Å²) in [5.41, 5.74) is 3.72. The Balaban J connectivity index is 1.47. The van der Waals surface area contributed by atoms with E-state index in [9.17, 15) is 9.59 Å². The lowest BCUT2D eigenvalue weighted by Crippen LogP contribution is -2.23. The van der Waals surface area contributed by atoms with Gasteiger partial charge in [0.1, 0.15) is 5.82 Å². The number of aromatic nitrogens is 3. The van der Waals surface area contributed by atoms with Gasteiger partial charge in [-0.1, -0.05) is 12.1 Å². The predicted octanol–water partition coefficient (Wildman–Crippen LogP) is 3.11. The van der Waals surface area contributed by atoms with Crippen LogP contribution in [0.25, 0.3) is 11.3 Å². The molecule has 3 aromatic rings. The molecule has 1 aromatic carbocycles. The third kappa shape index (κ3) is 4.12. The van der Waals surface area contributed by atoms with Gasteiger partial charge >= 0.3 is 0 Å². The van der Waals surface area contributed by atoms with Crippen molar-refractivity contribution in [1.82, 2.24) is 19.9 Å². The summed E-state index contributed by atoms with van der Waals surface area (Å²) in [6.45, 7) is 0.720. The highest BCUT2D eigenvalue weighted by Crippen LogP contribution is 2.25. The molecule has 2 amide bonds. The molecule has 4 rings (SSSR count). The standard InChI is InChI=1S/C22H22N6O2/c1-27(2)22(30)16-7-5-15(6-8-16)19-13-25-20(14-24-19)26-17-10-18(12-23-11-17)28-9-3-4-21(28)29/h5-8,10-14H,3-4,9H2,1-2H3,(H,25,26). The van der Waals surface area contributed by atoms with Gasteiger partial charge in [-0.2, -0.15) is 0 Å². The molecule has 0 bridgehead atoms. The minimum absolute atomic E-state index is 0.0429. The average molecular weight is 402 g/mol. The summed E-state index contributed by atoms with van der Waals surface area (Å²) in [6, 6.07) is 9.15. The van der Waals surface area contributed by atoms with Crippen molar-refractivity contribution in [1.29, 1.82) is 0 Å². The van der Waals surface area contributed by atoms with Crippen LogP contribution in [0.2, 0.25) is 0 Å². The van der Waals surface area contributed by atoms with Gasteiger partial charge in [0, 0.05) is 38.2 Å². The Hall–Kier alpha value is -3.81. The number of nitrogens with one attached hydrogen (secondary N) is 1. The molecule has 2 aromatic heterocycles. The SMILES string of the molecule is CN(C)C(=O)c1ccc(-c2cnc(Nc3cncc(N4CCCC4=O)c3)cn2)cc1. The number of benzene rings is 1. The van der Waals surface area contributed by atoms with Gasteiger partial charge in [-0.25, -0.2) is 4.98 Å². The maximum Gasteiger partial charge on any atom is 0.253 e. The van der Waals surface area contributed by atoms with Crippen LogP contribution in [0.15, 0.2) is 55.1 Å². The van der Waals surface area contributed by atoms with Crippen molar-refractivity contribution < 1.29 is 9.59 Å². The lowest BCUT2D eigenvalue weighted by Gasteiger charge is -2.16. The van der Waals surface area contributed by atoms with E-state index < -0.39 is 0 Å². The summed E-state index contributed by atoms with van der Waals surface area (Å²) in [6.07, 6.45) is 8.13. The van der Waals surface area contributed by atoms with Crippen molar-refractivity contribution in [2.45, 2.75) is 12.8 Å². The van der Waals surface area contributed by atoms with E-state index in [2.05, 4.69) is 20.3 Å². The number of anilines is 3. The molecule has 0 unspecified atom stereocenters. The summed E-state index contributed by atoms with van der Waals surface area (Å²) >= 11 is 0. The Kier molecular flexibility index (Phi) is 5.38. The Bertz CT molecular complexity index is 1060. The lowest BCUT2D eigenvalue weighted by atomic mass is 10.1. The van der Waals surface area contributed by atoms with Crippen LogP contribution in [-0.4, -0.2) is 52.3 Å². The number of rotatable bonds is 5. The molecule has 0 atom stereocenters. The number of amides is 2. The Labute approximate surface area is 174 Å². The van der Waals surface area contributed by atoms with Gasteiger partial charge in [0.05, 0.1) is 41.9 Å². The number of pyridine rings is 1. The van der Waals surface area contributed by atoms with E-state index in [1.165, 1.54) is 0 Å². The summed E-state index contributed by atoms with van der Waals surface area (Å²) in [4.78, 5) is 40.3. The smallest absolute Gasteiger partial charge is 0.253 e. The molecule has 8 heteroatoms.